The number of carbonyl (C=O) groups is 2. The third-order valence-corrected chi connectivity index (χ3v) is 9.26. The van der Waals surface area contributed by atoms with Crippen LogP contribution in [0.2, 0.25) is 0 Å². The lowest BCUT2D eigenvalue weighted by atomic mass is 9.81. The van der Waals surface area contributed by atoms with Crippen molar-refractivity contribution in [2.24, 2.45) is 0 Å². The standard InChI is InChI=1S/C32H40N4O4.CH4/c1-3-33-13-15-34(16-14-33)29(37)21-35-17-18-36-28-19-23(32(38)39)9-11-25(28)30(22-7-5-4-6-8-22)31(36)26-12-10-24(40-2)20-27(26)35;/h9-12,19-20,22H,3-8,13-18,21H2,1-2H3,(H,38,39);1H4. The van der Waals surface area contributed by atoms with Crippen molar-refractivity contribution in [2.45, 2.75) is 58.9 Å². The van der Waals surface area contributed by atoms with Gasteiger partial charge in [-0.3, -0.25) is 4.79 Å². The maximum atomic E-state index is 13.6. The Hall–Kier alpha value is -3.52. The number of hydrogen-bond donors (Lipinski definition) is 1. The number of nitrogens with zero attached hydrogens (tertiary/aromatic N) is 4. The van der Waals surface area contributed by atoms with Gasteiger partial charge in [0, 0.05) is 61.8 Å². The van der Waals surface area contributed by atoms with Gasteiger partial charge < -0.3 is 29.1 Å². The summed E-state index contributed by atoms with van der Waals surface area (Å²) in [5, 5.41) is 11.0. The van der Waals surface area contributed by atoms with E-state index >= 15 is 0 Å². The van der Waals surface area contributed by atoms with Gasteiger partial charge in [0.05, 0.1) is 30.6 Å². The Labute approximate surface area is 243 Å². The van der Waals surface area contributed by atoms with Crippen molar-refractivity contribution >= 4 is 28.5 Å². The number of aromatic carboxylic acids is 1. The van der Waals surface area contributed by atoms with Gasteiger partial charge in [0.25, 0.3) is 0 Å². The van der Waals surface area contributed by atoms with Crippen molar-refractivity contribution in [2.75, 3.05) is 57.8 Å². The van der Waals surface area contributed by atoms with Crippen LogP contribution in [0.25, 0.3) is 22.2 Å². The number of amides is 1. The molecule has 41 heavy (non-hydrogen) atoms. The number of ether oxygens (including phenoxy) is 1. The number of benzene rings is 2. The van der Waals surface area contributed by atoms with Crippen molar-refractivity contribution < 1.29 is 19.4 Å². The van der Waals surface area contributed by atoms with Crippen LogP contribution in [-0.2, 0) is 11.3 Å². The van der Waals surface area contributed by atoms with Crippen molar-refractivity contribution in [1.82, 2.24) is 14.4 Å². The normalized spacial score (nSPS) is 17.9. The minimum absolute atomic E-state index is 0. The average molecular weight is 561 g/mol. The summed E-state index contributed by atoms with van der Waals surface area (Å²) in [6.07, 6.45) is 5.98. The van der Waals surface area contributed by atoms with Crippen LogP contribution in [0, 0.1) is 0 Å². The van der Waals surface area contributed by atoms with E-state index in [9.17, 15) is 14.7 Å². The number of carboxylic acids is 1. The van der Waals surface area contributed by atoms with Gasteiger partial charge in [0.1, 0.15) is 5.75 Å². The first-order valence-electron chi connectivity index (χ1n) is 14.8. The third-order valence-electron chi connectivity index (χ3n) is 9.26. The fourth-order valence-corrected chi connectivity index (χ4v) is 7.02. The Balaban J connectivity index is 0.00000337. The van der Waals surface area contributed by atoms with Gasteiger partial charge in [-0.2, -0.15) is 0 Å². The molecule has 0 spiro atoms. The predicted molar refractivity (Wildman–Crippen MR) is 164 cm³/mol. The van der Waals surface area contributed by atoms with Gasteiger partial charge >= 0.3 is 5.97 Å². The van der Waals surface area contributed by atoms with Crippen molar-refractivity contribution in [1.29, 1.82) is 0 Å². The zero-order valence-electron chi connectivity index (χ0n) is 23.7. The summed E-state index contributed by atoms with van der Waals surface area (Å²) in [6, 6.07) is 11.8. The van der Waals surface area contributed by atoms with Crippen LogP contribution in [0.15, 0.2) is 36.4 Å². The molecule has 1 N–H and O–H groups in total. The minimum Gasteiger partial charge on any atom is -0.497 e. The molecule has 6 rings (SSSR count). The molecule has 8 nitrogen and oxygen atoms in total. The lowest BCUT2D eigenvalue weighted by molar-refractivity contribution is -0.131. The molecule has 1 saturated carbocycles. The van der Waals surface area contributed by atoms with Crippen LogP contribution in [0.4, 0.5) is 5.69 Å². The van der Waals surface area contributed by atoms with E-state index in [-0.39, 0.29) is 13.3 Å². The highest BCUT2D eigenvalue weighted by atomic mass is 16.5. The van der Waals surface area contributed by atoms with Crippen LogP contribution in [0.1, 0.15) is 68.3 Å². The molecule has 0 atom stereocenters. The van der Waals surface area contributed by atoms with Crippen molar-refractivity contribution in [3.05, 3.63) is 47.5 Å². The zero-order chi connectivity index (χ0) is 27.8. The van der Waals surface area contributed by atoms with E-state index in [2.05, 4.69) is 33.4 Å². The van der Waals surface area contributed by atoms with E-state index in [4.69, 9.17) is 4.74 Å². The van der Waals surface area contributed by atoms with Crippen LogP contribution < -0.4 is 9.64 Å². The molecule has 1 saturated heterocycles. The molecule has 0 radical (unpaired) electrons. The first kappa shape index (κ1) is 29.0. The third kappa shape index (κ3) is 5.42. The van der Waals surface area contributed by atoms with Crippen LogP contribution in [-0.4, -0.2) is 84.3 Å². The highest BCUT2D eigenvalue weighted by Crippen LogP contribution is 2.48. The number of likely N-dealkylation sites (N-methyl/N-ethyl adjacent to an activating group) is 1. The summed E-state index contributed by atoms with van der Waals surface area (Å²) in [5.74, 6) is 0.443. The molecule has 2 aromatic carbocycles. The number of aromatic nitrogens is 1. The lowest BCUT2D eigenvalue weighted by Gasteiger charge is -2.35. The number of carbonyl (C=O) groups excluding carboxylic acids is 1. The SMILES string of the molecule is C.CCN1CCN(C(=O)CN2CCn3c(c(C4CCCCC4)c4ccc(C(=O)O)cc43)-c3ccc(OC)cc32)CC1. The van der Waals surface area contributed by atoms with Gasteiger partial charge in [-0.15, -0.1) is 0 Å². The first-order valence-corrected chi connectivity index (χ1v) is 14.8. The highest BCUT2D eigenvalue weighted by Gasteiger charge is 2.32. The van der Waals surface area contributed by atoms with Crippen LogP contribution in [0.3, 0.4) is 0 Å². The maximum Gasteiger partial charge on any atom is 0.335 e. The maximum absolute atomic E-state index is 13.6. The van der Waals surface area contributed by atoms with Gasteiger partial charge in [0.15, 0.2) is 0 Å². The molecule has 8 heteroatoms. The molecule has 2 aliphatic heterocycles. The fourth-order valence-electron chi connectivity index (χ4n) is 7.02. The molecule has 1 amide bonds. The second kappa shape index (κ2) is 12.1. The largest absolute Gasteiger partial charge is 0.497 e. The summed E-state index contributed by atoms with van der Waals surface area (Å²) < 4.78 is 7.97. The Morgan fingerprint density at radius 1 is 0.951 bits per heavy atom. The van der Waals surface area contributed by atoms with Crippen LogP contribution in [0.5, 0.6) is 5.75 Å². The number of piperazine rings is 1. The van der Waals surface area contributed by atoms with Crippen LogP contribution >= 0.6 is 0 Å². The van der Waals surface area contributed by atoms with E-state index in [1.807, 2.05) is 23.1 Å². The summed E-state index contributed by atoms with van der Waals surface area (Å²) in [4.78, 5) is 32.1. The average Bonchev–Trinajstić information content (AvgIpc) is 3.23. The zero-order valence-corrected chi connectivity index (χ0v) is 23.7. The topological polar surface area (TPSA) is 78.2 Å². The molecule has 1 aromatic heterocycles. The molecular formula is C33H44N4O4. The molecule has 0 bridgehead atoms. The molecule has 3 aliphatic rings. The van der Waals surface area contributed by atoms with Gasteiger partial charge in [0.2, 0.25) is 5.91 Å². The van der Waals surface area contributed by atoms with Gasteiger partial charge in [-0.1, -0.05) is 39.7 Å². The molecule has 3 aromatic rings. The number of anilines is 1. The monoisotopic (exact) mass is 560 g/mol. The summed E-state index contributed by atoms with van der Waals surface area (Å²) in [7, 11) is 1.68. The number of fused-ring (bicyclic) bond motifs is 5. The Morgan fingerprint density at radius 2 is 1.71 bits per heavy atom. The first-order chi connectivity index (χ1) is 19.5. The number of rotatable bonds is 6. The minimum atomic E-state index is -0.911. The number of carboxylic acid groups (broad SMARTS) is 1. The van der Waals surface area contributed by atoms with E-state index < -0.39 is 5.97 Å². The summed E-state index contributed by atoms with van der Waals surface area (Å²) in [5.41, 5.74) is 5.89. The lowest BCUT2D eigenvalue weighted by Crippen LogP contribution is -2.51. The smallest absolute Gasteiger partial charge is 0.335 e. The molecular weight excluding hydrogens is 516 g/mol. The fraction of sp³-hybridized carbons (Fsp3) is 0.515. The molecule has 2 fully saturated rings. The highest BCUT2D eigenvalue weighted by molar-refractivity contribution is 6.00. The summed E-state index contributed by atoms with van der Waals surface area (Å²) >= 11 is 0. The Kier molecular flexibility index (Phi) is 8.59. The second-order valence-electron chi connectivity index (χ2n) is 11.4. The van der Waals surface area contributed by atoms with Gasteiger partial charge in [-0.25, -0.2) is 4.79 Å². The number of hydrogen-bond acceptors (Lipinski definition) is 5. The molecule has 1 aliphatic carbocycles. The van der Waals surface area contributed by atoms with Crippen molar-refractivity contribution in [3.8, 4) is 17.0 Å². The number of methoxy groups -OCH3 is 1. The van der Waals surface area contributed by atoms with E-state index in [0.29, 0.717) is 31.1 Å². The van der Waals surface area contributed by atoms with Crippen molar-refractivity contribution in [3.63, 3.8) is 0 Å². The van der Waals surface area contributed by atoms with Gasteiger partial charge in [-0.05, 0) is 55.1 Å². The van der Waals surface area contributed by atoms with E-state index in [1.54, 1.807) is 13.2 Å². The Morgan fingerprint density at radius 3 is 2.39 bits per heavy atom. The van der Waals surface area contributed by atoms with E-state index in [1.165, 1.54) is 30.5 Å². The quantitative estimate of drug-likeness (QED) is 0.418. The second-order valence-corrected chi connectivity index (χ2v) is 11.4. The van der Waals surface area contributed by atoms with E-state index in [0.717, 1.165) is 73.5 Å². The Bertz CT molecular complexity index is 1420. The summed E-state index contributed by atoms with van der Waals surface area (Å²) in [6.45, 7) is 8.18. The molecule has 3 heterocycles. The molecule has 220 valence electrons. The molecule has 0 unspecified atom stereocenters. The predicted octanol–water partition coefficient (Wildman–Crippen LogP) is 5.68.